The van der Waals surface area contributed by atoms with E-state index in [4.69, 9.17) is 9.26 Å². The van der Waals surface area contributed by atoms with Gasteiger partial charge < -0.3 is 14.6 Å². The van der Waals surface area contributed by atoms with Crippen molar-refractivity contribution in [3.05, 3.63) is 47.3 Å². The van der Waals surface area contributed by atoms with Gasteiger partial charge in [0.25, 0.3) is 0 Å². The summed E-state index contributed by atoms with van der Waals surface area (Å²) in [5, 5.41) is 7.32. The van der Waals surface area contributed by atoms with Gasteiger partial charge >= 0.3 is 0 Å². The van der Waals surface area contributed by atoms with Crippen LogP contribution in [0.3, 0.4) is 0 Å². The second-order valence-electron chi connectivity index (χ2n) is 5.83. The zero-order chi connectivity index (χ0) is 15.2. The molecule has 0 atom stereocenters. The van der Waals surface area contributed by atoms with Gasteiger partial charge in [-0.3, -0.25) is 0 Å². The lowest BCUT2D eigenvalue weighted by molar-refractivity contribution is 0.248. The Balaban J connectivity index is 1.85. The van der Waals surface area contributed by atoms with Crippen LogP contribution in [0, 0.1) is 0 Å². The standard InChI is InChI=1S/C17H24N2O2/c1-12(2)14-5-7-16(8-6-14)20-11-17-9-15(19-21-17)10-18-13(3)4/h5-9,12-13,18H,10-11H2,1-4H3. The highest BCUT2D eigenvalue weighted by Crippen LogP contribution is 2.19. The monoisotopic (exact) mass is 288 g/mol. The molecule has 4 nitrogen and oxygen atoms in total. The lowest BCUT2D eigenvalue weighted by Gasteiger charge is -2.07. The molecule has 4 heteroatoms. The first kappa shape index (κ1) is 15.6. The fourth-order valence-electron chi connectivity index (χ4n) is 1.92. The number of hydrogen-bond donors (Lipinski definition) is 1. The fourth-order valence-corrected chi connectivity index (χ4v) is 1.92. The van der Waals surface area contributed by atoms with E-state index in [9.17, 15) is 0 Å². The number of rotatable bonds is 7. The average molecular weight is 288 g/mol. The van der Waals surface area contributed by atoms with Gasteiger partial charge in [0.15, 0.2) is 5.76 Å². The van der Waals surface area contributed by atoms with Gasteiger partial charge in [-0.1, -0.05) is 45.0 Å². The van der Waals surface area contributed by atoms with E-state index in [1.165, 1.54) is 5.56 Å². The zero-order valence-corrected chi connectivity index (χ0v) is 13.2. The lowest BCUT2D eigenvalue weighted by atomic mass is 10.0. The average Bonchev–Trinajstić information content (AvgIpc) is 2.91. The molecule has 0 fully saturated rings. The predicted molar refractivity (Wildman–Crippen MR) is 83.3 cm³/mol. The largest absolute Gasteiger partial charge is 0.486 e. The third kappa shape index (κ3) is 4.90. The Morgan fingerprint density at radius 1 is 1.14 bits per heavy atom. The van der Waals surface area contributed by atoms with E-state index in [2.05, 4.69) is 50.3 Å². The SMILES string of the molecule is CC(C)NCc1cc(COc2ccc(C(C)C)cc2)on1. The topological polar surface area (TPSA) is 47.3 Å². The molecule has 0 amide bonds. The Morgan fingerprint density at radius 2 is 1.86 bits per heavy atom. The van der Waals surface area contributed by atoms with Crippen LogP contribution in [0.15, 0.2) is 34.9 Å². The Morgan fingerprint density at radius 3 is 2.48 bits per heavy atom. The summed E-state index contributed by atoms with van der Waals surface area (Å²) in [4.78, 5) is 0. The minimum atomic E-state index is 0.399. The van der Waals surface area contributed by atoms with Gasteiger partial charge in [0.2, 0.25) is 0 Å². The van der Waals surface area contributed by atoms with Crippen LogP contribution in [-0.2, 0) is 13.2 Å². The van der Waals surface area contributed by atoms with Crippen LogP contribution in [0.25, 0.3) is 0 Å². The van der Waals surface area contributed by atoms with Crippen LogP contribution in [0.4, 0.5) is 0 Å². The molecule has 0 spiro atoms. The van der Waals surface area contributed by atoms with Crippen LogP contribution in [0.2, 0.25) is 0 Å². The molecule has 0 aliphatic carbocycles. The molecule has 1 aromatic heterocycles. The number of nitrogens with one attached hydrogen (secondary N) is 1. The summed E-state index contributed by atoms with van der Waals surface area (Å²) >= 11 is 0. The van der Waals surface area contributed by atoms with Gasteiger partial charge in [-0.05, 0) is 23.6 Å². The summed E-state index contributed by atoms with van der Waals surface area (Å²) in [7, 11) is 0. The molecular weight excluding hydrogens is 264 g/mol. The number of nitrogens with zero attached hydrogens (tertiary/aromatic N) is 1. The highest BCUT2D eigenvalue weighted by atomic mass is 16.5. The summed E-state index contributed by atoms with van der Waals surface area (Å²) in [6, 6.07) is 10.5. The van der Waals surface area contributed by atoms with E-state index >= 15 is 0 Å². The van der Waals surface area contributed by atoms with Crippen LogP contribution < -0.4 is 10.1 Å². The van der Waals surface area contributed by atoms with Gasteiger partial charge in [0.05, 0.1) is 5.69 Å². The quantitative estimate of drug-likeness (QED) is 0.840. The number of aromatic nitrogens is 1. The van der Waals surface area contributed by atoms with Gasteiger partial charge in [-0.2, -0.15) is 0 Å². The van der Waals surface area contributed by atoms with Crippen molar-refractivity contribution in [1.29, 1.82) is 0 Å². The zero-order valence-electron chi connectivity index (χ0n) is 13.2. The molecule has 0 saturated heterocycles. The van der Waals surface area contributed by atoms with Crippen molar-refractivity contribution in [2.75, 3.05) is 0 Å². The van der Waals surface area contributed by atoms with E-state index in [0.717, 1.165) is 17.2 Å². The van der Waals surface area contributed by atoms with Crippen molar-refractivity contribution in [3.8, 4) is 5.75 Å². The van der Waals surface area contributed by atoms with Crippen molar-refractivity contribution in [1.82, 2.24) is 10.5 Å². The number of hydrogen-bond acceptors (Lipinski definition) is 4. The summed E-state index contributed by atoms with van der Waals surface area (Å²) in [6.45, 7) is 9.67. The van der Waals surface area contributed by atoms with Crippen LogP contribution in [-0.4, -0.2) is 11.2 Å². The van der Waals surface area contributed by atoms with Gasteiger partial charge in [0, 0.05) is 18.7 Å². The summed E-state index contributed by atoms with van der Waals surface area (Å²) in [5.74, 6) is 2.12. The number of ether oxygens (including phenoxy) is 1. The maximum atomic E-state index is 5.71. The molecule has 21 heavy (non-hydrogen) atoms. The molecule has 0 aliphatic heterocycles. The minimum Gasteiger partial charge on any atom is -0.486 e. The van der Waals surface area contributed by atoms with E-state index in [1.54, 1.807) is 0 Å². The fraction of sp³-hybridized carbons (Fsp3) is 0.471. The Kier molecular flexibility index (Phi) is 5.39. The lowest BCUT2D eigenvalue weighted by Crippen LogP contribution is -2.21. The molecule has 0 unspecified atom stereocenters. The van der Waals surface area contributed by atoms with Crippen molar-refractivity contribution >= 4 is 0 Å². The molecule has 1 aromatic carbocycles. The van der Waals surface area contributed by atoms with E-state index < -0.39 is 0 Å². The van der Waals surface area contributed by atoms with Gasteiger partial charge in [-0.15, -0.1) is 0 Å². The molecule has 1 N–H and O–H groups in total. The molecular formula is C17H24N2O2. The molecule has 114 valence electrons. The second kappa shape index (κ2) is 7.27. The summed E-state index contributed by atoms with van der Waals surface area (Å²) < 4.78 is 11.0. The van der Waals surface area contributed by atoms with E-state index in [-0.39, 0.29) is 0 Å². The highest BCUT2D eigenvalue weighted by Gasteiger charge is 2.06. The van der Waals surface area contributed by atoms with Crippen molar-refractivity contribution in [2.24, 2.45) is 0 Å². The Hall–Kier alpha value is -1.81. The Labute approximate surface area is 126 Å². The third-order valence-electron chi connectivity index (χ3n) is 3.23. The van der Waals surface area contributed by atoms with Crippen LogP contribution in [0.5, 0.6) is 5.75 Å². The first-order valence-electron chi connectivity index (χ1n) is 7.45. The van der Waals surface area contributed by atoms with Crippen LogP contribution in [0.1, 0.15) is 50.6 Å². The molecule has 0 aliphatic rings. The van der Waals surface area contributed by atoms with Crippen molar-refractivity contribution in [3.63, 3.8) is 0 Å². The maximum absolute atomic E-state index is 5.71. The maximum Gasteiger partial charge on any atom is 0.174 e. The second-order valence-corrected chi connectivity index (χ2v) is 5.83. The first-order valence-corrected chi connectivity index (χ1v) is 7.45. The third-order valence-corrected chi connectivity index (χ3v) is 3.23. The van der Waals surface area contributed by atoms with Gasteiger partial charge in [-0.25, -0.2) is 0 Å². The molecule has 2 aromatic rings. The minimum absolute atomic E-state index is 0.399. The molecule has 1 heterocycles. The molecule has 0 bridgehead atoms. The van der Waals surface area contributed by atoms with Crippen LogP contribution >= 0.6 is 0 Å². The summed E-state index contributed by atoms with van der Waals surface area (Å²) in [6.07, 6.45) is 0. The molecule has 2 rings (SSSR count). The van der Waals surface area contributed by atoms with E-state index in [0.29, 0.717) is 25.1 Å². The molecule has 0 saturated carbocycles. The van der Waals surface area contributed by atoms with Crippen molar-refractivity contribution in [2.45, 2.75) is 52.8 Å². The van der Waals surface area contributed by atoms with E-state index in [1.807, 2.05) is 18.2 Å². The van der Waals surface area contributed by atoms with Crippen molar-refractivity contribution < 1.29 is 9.26 Å². The first-order chi connectivity index (χ1) is 10.0. The normalized spacial score (nSPS) is 11.3. The predicted octanol–water partition coefficient (Wildman–Crippen LogP) is 3.88. The van der Waals surface area contributed by atoms with Gasteiger partial charge in [0.1, 0.15) is 12.4 Å². The smallest absolute Gasteiger partial charge is 0.174 e. The Bertz CT molecular complexity index is 544. The highest BCUT2D eigenvalue weighted by molar-refractivity contribution is 5.29. The number of benzene rings is 1. The molecule has 0 radical (unpaired) electrons. The summed E-state index contributed by atoms with van der Waals surface area (Å²) in [5.41, 5.74) is 2.21.